The van der Waals surface area contributed by atoms with Gasteiger partial charge in [-0.25, -0.2) is 0 Å². The SMILES string of the molecule is CCNc1ccc([N+](=O)[O-])cc1COc1ccccc1Br. The average Bonchev–Trinajstić information content (AvgIpc) is 2.47. The molecule has 21 heavy (non-hydrogen) atoms. The van der Waals surface area contributed by atoms with E-state index in [9.17, 15) is 10.1 Å². The maximum absolute atomic E-state index is 10.9. The van der Waals surface area contributed by atoms with E-state index < -0.39 is 4.92 Å². The van der Waals surface area contributed by atoms with Crippen molar-refractivity contribution in [1.29, 1.82) is 0 Å². The molecule has 0 atom stereocenters. The van der Waals surface area contributed by atoms with Gasteiger partial charge in [0.15, 0.2) is 0 Å². The highest BCUT2D eigenvalue weighted by Crippen LogP contribution is 2.27. The van der Waals surface area contributed by atoms with Crippen LogP contribution >= 0.6 is 15.9 Å². The molecule has 0 spiro atoms. The topological polar surface area (TPSA) is 64.4 Å². The molecule has 0 saturated heterocycles. The van der Waals surface area contributed by atoms with Gasteiger partial charge in [-0.2, -0.15) is 0 Å². The molecule has 0 radical (unpaired) electrons. The van der Waals surface area contributed by atoms with Crippen LogP contribution in [-0.2, 0) is 6.61 Å². The number of nitro groups is 1. The van der Waals surface area contributed by atoms with E-state index in [4.69, 9.17) is 4.74 Å². The summed E-state index contributed by atoms with van der Waals surface area (Å²) in [4.78, 5) is 10.5. The van der Waals surface area contributed by atoms with Crippen molar-refractivity contribution in [2.24, 2.45) is 0 Å². The number of non-ortho nitro benzene ring substituents is 1. The Hall–Kier alpha value is -2.08. The second-order valence-electron chi connectivity index (χ2n) is 4.35. The summed E-state index contributed by atoms with van der Waals surface area (Å²) in [5, 5.41) is 14.1. The minimum Gasteiger partial charge on any atom is -0.488 e. The molecule has 2 aromatic carbocycles. The Bertz CT molecular complexity index is 647. The zero-order valence-electron chi connectivity index (χ0n) is 11.5. The van der Waals surface area contributed by atoms with Crippen LogP contribution < -0.4 is 10.1 Å². The third-order valence-electron chi connectivity index (χ3n) is 2.89. The van der Waals surface area contributed by atoms with Crippen LogP contribution in [0.2, 0.25) is 0 Å². The molecule has 0 amide bonds. The van der Waals surface area contributed by atoms with Crippen LogP contribution in [0.4, 0.5) is 11.4 Å². The van der Waals surface area contributed by atoms with Crippen LogP contribution in [-0.4, -0.2) is 11.5 Å². The molecule has 0 fully saturated rings. The summed E-state index contributed by atoms with van der Waals surface area (Å²) < 4.78 is 6.58. The summed E-state index contributed by atoms with van der Waals surface area (Å²) in [5.74, 6) is 0.700. The van der Waals surface area contributed by atoms with E-state index in [0.717, 1.165) is 22.3 Å². The van der Waals surface area contributed by atoms with Crippen molar-refractivity contribution in [3.8, 4) is 5.75 Å². The van der Waals surface area contributed by atoms with Gasteiger partial charge in [-0.05, 0) is 41.1 Å². The van der Waals surface area contributed by atoms with Gasteiger partial charge in [-0.15, -0.1) is 0 Å². The standard InChI is InChI=1S/C15H15BrN2O3/c1-2-17-14-8-7-12(18(19)20)9-11(14)10-21-15-6-4-3-5-13(15)16/h3-9,17H,2,10H2,1H3. The second-order valence-corrected chi connectivity index (χ2v) is 5.20. The molecule has 0 heterocycles. The first-order valence-corrected chi connectivity index (χ1v) is 7.29. The Morgan fingerprint density at radius 1 is 1.29 bits per heavy atom. The largest absolute Gasteiger partial charge is 0.488 e. The maximum Gasteiger partial charge on any atom is 0.269 e. The number of ether oxygens (including phenoxy) is 1. The fraction of sp³-hybridized carbons (Fsp3) is 0.200. The first-order valence-electron chi connectivity index (χ1n) is 6.50. The van der Waals surface area contributed by atoms with Crippen LogP contribution in [0, 0.1) is 10.1 Å². The molecule has 110 valence electrons. The number of halogens is 1. The molecular formula is C15H15BrN2O3. The molecule has 2 rings (SSSR count). The van der Waals surface area contributed by atoms with E-state index in [0.29, 0.717) is 5.75 Å². The lowest BCUT2D eigenvalue weighted by atomic mass is 10.1. The van der Waals surface area contributed by atoms with E-state index in [-0.39, 0.29) is 12.3 Å². The first-order chi connectivity index (χ1) is 10.1. The maximum atomic E-state index is 10.9. The summed E-state index contributed by atoms with van der Waals surface area (Å²) in [6, 6.07) is 12.2. The number of hydrogen-bond acceptors (Lipinski definition) is 4. The number of rotatable bonds is 6. The van der Waals surface area contributed by atoms with Gasteiger partial charge in [-0.3, -0.25) is 10.1 Å². The van der Waals surface area contributed by atoms with Crippen molar-refractivity contribution >= 4 is 27.3 Å². The number of para-hydroxylation sites is 1. The lowest BCUT2D eigenvalue weighted by Gasteiger charge is -2.12. The zero-order valence-corrected chi connectivity index (χ0v) is 13.1. The first kappa shape index (κ1) is 15.3. The summed E-state index contributed by atoms with van der Waals surface area (Å²) >= 11 is 3.41. The summed E-state index contributed by atoms with van der Waals surface area (Å²) in [6.07, 6.45) is 0. The average molecular weight is 351 g/mol. The van der Waals surface area contributed by atoms with E-state index in [1.807, 2.05) is 31.2 Å². The van der Waals surface area contributed by atoms with Crippen molar-refractivity contribution in [3.63, 3.8) is 0 Å². The van der Waals surface area contributed by atoms with Gasteiger partial charge in [0.2, 0.25) is 0 Å². The molecule has 0 aromatic heterocycles. The number of nitrogens with one attached hydrogen (secondary N) is 1. The van der Waals surface area contributed by atoms with Crippen molar-refractivity contribution in [3.05, 3.63) is 62.6 Å². The van der Waals surface area contributed by atoms with Crippen molar-refractivity contribution < 1.29 is 9.66 Å². The van der Waals surface area contributed by atoms with Crippen molar-refractivity contribution in [2.75, 3.05) is 11.9 Å². The predicted molar refractivity (Wildman–Crippen MR) is 85.7 cm³/mol. The minimum atomic E-state index is -0.405. The summed E-state index contributed by atoms with van der Waals surface area (Å²) in [6.45, 7) is 2.96. The number of hydrogen-bond donors (Lipinski definition) is 1. The highest BCUT2D eigenvalue weighted by molar-refractivity contribution is 9.10. The van der Waals surface area contributed by atoms with Gasteiger partial charge in [0, 0.05) is 29.9 Å². The smallest absolute Gasteiger partial charge is 0.269 e. The van der Waals surface area contributed by atoms with Crippen molar-refractivity contribution in [1.82, 2.24) is 0 Å². The normalized spacial score (nSPS) is 10.2. The fourth-order valence-corrected chi connectivity index (χ4v) is 2.29. The predicted octanol–water partition coefficient (Wildman–Crippen LogP) is 4.37. The third kappa shape index (κ3) is 3.95. The number of anilines is 1. The van der Waals surface area contributed by atoms with Gasteiger partial charge in [-0.1, -0.05) is 12.1 Å². The molecular weight excluding hydrogens is 336 g/mol. The summed E-state index contributed by atoms with van der Waals surface area (Å²) in [5.41, 5.74) is 1.65. The molecule has 0 aliphatic carbocycles. The number of nitro benzene ring substituents is 1. The molecule has 0 aliphatic heterocycles. The lowest BCUT2D eigenvalue weighted by Crippen LogP contribution is -2.05. The number of nitrogens with zero attached hydrogens (tertiary/aromatic N) is 1. The fourth-order valence-electron chi connectivity index (χ4n) is 1.89. The van der Waals surface area contributed by atoms with Gasteiger partial charge >= 0.3 is 0 Å². The second kappa shape index (κ2) is 7.08. The van der Waals surface area contributed by atoms with Gasteiger partial charge < -0.3 is 10.1 Å². The van der Waals surface area contributed by atoms with E-state index in [1.54, 1.807) is 6.07 Å². The Morgan fingerprint density at radius 3 is 2.71 bits per heavy atom. The molecule has 2 aromatic rings. The van der Waals surface area contributed by atoms with Crippen LogP contribution in [0.5, 0.6) is 5.75 Å². The van der Waals surface area contributed by atoms with Crippen LogP contribution in [0.3, 0.4) is 0 Å². The lowest BCUT2D eigenvalue weighted by molar-refractivity contribution is -0.384. The van der Waals surface area contributed by atoms with Gasteiger partial charge in [0.05, 0.1) is 9.40 Å². The summed E-state index contributed by atoms with van der Waals surface area (Å²) in [7, 11) is 0. The molecule has 0 saturated carbocycles. The molecule has 0 unspecified atom stereocenters. The molecule has 0 bridgehead atoms. The molecule has 1 N–H and O–H groups in total. The molecule has 5 nitrogen and oxygen atoms in total. The number of benzene rings is 2. The Kier molecular flexibility index (Phi) is 5.16. The van der Waals surface area contributed by atoms with Gasteiger partial charge in [0.25, 0.3) is 5.69 Å². The Morgan fingerprint density at radius 2 is 2.05 bits per heavy atom. The quantitative estimate of drug-likeness (QED) is 0.620. The van der Waals surface area contributed by atoms with E-state index >= 15 is 0 Å². The van der Waals surface area contributed by atoms with Crippen LogP contribution in [0.1, 0.15) is 12.5 Å². The van der Waals surface area contributed by atoms with Crippen LogP contribution in [0.25, 0.3) is 0 Å². The molecule has 0 aliphatic rings. The minimum absolute atomic E-state index is 0.0578. The third-order valence-corrected chi connectivity index (χ3v) is 3.54. The zero-order chi connectivity index (χ0) is 15.2. The van der Waals surface area contributed by atoms with Crippen LogP contribution in [0.15, 0.2) is 46.9 Å². The Balaban J connectivity index is 2.22. The Labute approximate surface area is 131 Å². The van der Waals surface area contributed by atoms with E-state index in [1.165, 1.54) is 12.1 Å². The molecule has 6 heteroatoms. The highest BCUT2D eigenvalue weighted by atomic mass is 79.9. The van der Waals surface area contributed by atoms with Gasteiger partial charge in [0.1, 0.15) is 12.4 Å². The van der Waals surface area contributed by atoms with Crippen molar-refractivity contribution in [2.45, 2.75) is 13.5 Å². The van der Waals surface area contributed by atoms with E-state index in [2.05, 4.69) is 21.2 Å². The highest BCUT2D eigenvalue weighted by Gasteiger charge is 2.11. The monoisotopic (exact) mass is 350 g/mol.